The molecule has 0 bridgehead atoms. The first-order valence-electron chi connectivity index (χ1n) is 4.06. The molecule has 2 heteroatoms. The van der Waals surface area contributed by atoms with Crippen molar-refractivity contribution in [2.75, 3.05) is 0 Å². The zero-order valence-electron chi connectivity index (χ0n) is 6.39. The zero-order chi connectivity index (χ0) is 7.56. The van der Waals surface area contributed by atoms with Crippen molar-refractivity contribution in [1.29, 1.82) is 0 Å². The molecule has 1 saturated carbocycles. The van der Waals surface area contributed by atoms with E-state index in [1.807, 2.05) is 0 Å². The molecule has 1 nitrogen and oxygen atoms in total. The van der Waals surface area contributed by atoms with Gasteiger partial charge in [0.05, 0.1) is 6.10 Å². The molecule has 1 fully saturated rings. The summed E-state index contributed by atoms with van der Waals surface area (Å²) in [5.41, 5.74) is 0. The van der Waals surface area contributed by atoms with Crippen LogP contribution in [-0.2, 0) is 0 Å². The maximum atomic E-state index is 9.27. The molecule has 3 unspecified atom stereocenters. The average molecular weight is 163 g/mol. The molecule has 1 N–H and O–H groups in total. The maximum absolute atomic E-state index is 9.27. The molecular formula is C8H15ClO. The number of hydrogen-bond donors (Lipinski definition) is 1. The molecule has 0 saturated heterocycles. The lowest BCUT2D eigenvalue weighted by molar-refractivity contribution is 0.102. The topological polar surface area (TPSA) is 20.2 Å². The summed E-state index contributed by atoms with van der Waals surface area (Å²) in [6.45, 7) is 2.14. The summed E-state index contributed by atoms with van der Waals surface area (Å²) >= 11 is 6.04. The van der Waals surface area contributed by atoms with Gasteiger partial charge in [0.1, 0.15) is 0 Å². The quantitative estimate of drug-likeness (QED) is 0.586. The summed E-state index contributed by atoms with van der Waals surface area (Å²) in [6.07, 6.45) is 3.81. The molecule has 1 rings (SSSR count). The van der Waals surface area contributed by atoms with Gasteiger partial charge in [-0.2, -0.15) is 0 Å². The molecule has 0 aromatic heterocycles. The van der Waals surface area contributed by atoms with E-state index in [9.17, 15) is 5.11 Å². The molecule has 0 aromatic rings. The predicted molar refractivity (Wildman–Crippen MR) is 43.3 cm³/mol. The van der Waals surface area contributed by atoms with Crippen molar-refractivity contribution < 1.29 is 5.11 Å². The minimum absolute atomic E-state index is 0.0834. The highest BCUT2D eigenvalue weighted by Crippen LogP contribution is 2.30. The first-order valence-corrected chi connectivity index (χ1v) is 4.49. The van der Waals surface area contributed by atoms with Crippen LogP contribution in [0.25, 0.3) is 0 Å². The largest absolute Gasteiger partial charge is 0.393 e. The van der Waals surface area contributed by atoms with Crippen molar-refractivity contribution in [2.45, 2.75) is 44.1 Å². The third-order valence-corrected chi connectivity index (χ3v) is 2.96. The van der Waals surface area contributed by atoms with Crippen LogP contribution in [0.5, 0.6) is 0 Å². The Morgan fingerprint density at radius 3 is 2.70 bits per heavy atom. The van der Waals surface area contributed by atoms with E-state index in [0.29, 0.717) is 11.3 Å². The number of aliphatic hydroxyl groups is 1. The highest BCUT2D eigenvalue weighted by atomic mass is 35.5. The molecule has 0 amide bonds. The Morgan fingerprint density at radius 2 is 2.20 bits per heavy atom. The molecule has 0 aromatic carbocycles. The van der Waals surface area contributed by atoms with Crippen molar-refractivity contribution >= 4 is 11.6 Å². The maximum Gasteiger partial charge on any atom is 0.0544 e. The summed E-state index contributed by atoms with van der Waals surface area (Å²) in [4.78, 5) is 0. The van der Waals surface area contributed by atoms with Crippen LogP contribution in [0.4, 0.5) is 0 Å². The van der Waals surface area contributed by atoms with Gasteiger partial charge in [0.25, 0.3) is 0 Å². The van der Waals surface area contributed by atoms with E-state index >= 15 is 0 Å². The second-order valence-electron chi connectivity index (χ2n) is 3.15. The van der Waals surface area contributed by atoms with E-state index in [1.165, 1.54) is 0 Å². The van der Waals surface area contributed by atoms with Crippen LogP contribution in [0.1, 0.15) is 32.6 Å². The van der Waals surface area contributed by atoms with Gasteiger partial charge in [0.2, 0.25) is 0 Å². The monoisotopic (exact) mass is 162 g/mol. The van der Waals surface area contributed by atoms with Gasteiger partial charge < -0.3 is 5.11 Å². The zero-order valence-corrected chi connectivity index (χ0v) is 7.14. The Bertz CT molecular complexity index is 105. The van der Waals surface area contributed by atoms with E-state index in [-0.39, 0.29) is 6.10 Å². The Kier molecular flexibility index (Phi) is 2.99. The first-order chi connectivity index (χ1) is 4.74. The van der Waals surface area contributed by atoms with Crippen LogP contribution >= 0.6 is 11.6 Å². The Balaban J connectivity index is 2.38. The Morgan fingerprint density at radius 1 is 1.50 bits per heavy atom. The van der Waals surface area contributed by atoms with Crippen LogP contribution in [0.2, 0.25) is 0 Å². The molecule has 0 heterocycles. The van der Waals surface area contributed by atoms with Crippen LogP contribution < -0.4 is 0 Å². The molecule has 0 spiro atoms. The summed E-state index contributed by atoms with van der Waals surface area (Å²) in [6, 6.07) is 0. The third-order valence-electron chi connectivity index (χ3n) is 2.39. The second kappa shape index (κ2) is 3.59. The first kappa shape index (κ1) is 8.35. The van der Waals surface area contributed by atoms with Crippen molar-refractivity contribution in [1.82, 2.24) is 0 Å². The summed E-state index contributed by atoms with van der Waals surface area (Å²) < 4.78 is 0. The molecule has 1 aliphatic carbocycles. The van der Waals surface area contributed by atoms with Gasteiger partial charge in [0, 0.05) is 5.38 Å². The number of halogens is 1. The van der Waals surface area contributed by atoms with Crippen molar-refractivity contribution in [3.8, 4) is 0 Å². The minimum atomic E-state index is -0.0834. The van der Waals surface area contributed by atoms with Gasteiger partial charge in [-0.05, 0) is 25.2 Å². The SMILES string of the molecule is CCC1CC(O)CCC1Cl. The Hall–Kier alpha value is 0.250. The smallest absolute Gasteiger partial charge is 0.0544 e. The fourth-order valence-electron chi connectivity index (χ4n) is 1.62. The number of rotatable bonds is 1. The van der Waals surface area contributed by atoms with Gasteiger partial charge in [0.15, 0.2) is 0 Å². The molecule has 1 aliphatic rings. The van der Waals surface area contributed by atoms with E-state index in [4.69, 9.17) is 11.6 Å². The lowest BCUT2D eigenvalue weighted by Crippen LogP contribution is -2.27. The molecule has 10 heavy (non-hydrogen) atoms. The van der Waals surface area contributed by atoms with Crippen molar-refractivity contribution in [3.05, 3.63) is 0 Å². The fourth-order valence-corrected chi connectivity index (χ4v) is 2.03. The van der Waals surface area contributed by atoms with Crippen LogP contribution in [0, 0.1) is 5.92 Å². The lowest BCUT2D eigenvalue weighted by Gasteiger charge is -2.29. The number of alkyl halides is 1. The fraction of sp³-hybridized carbons (Fsp3) is 1.00. The van der Waals surface area contributed by atoms with E-state index in [1.54, 1.807) is 0 Å². The van der Waals surface area contributed by atoms with Crippen LogP contribution in [-0.4, -0.2) is 16.6 Å². The summed E-state index contributed by atoms with van der Waals surface area (Å²) in [5, 5.41) is 9.58. The predicted octanol–water partition coefficient (Wildman–Crippen LogP) is 2.16. The molecule has 3 atom stereocenters. The summed E-state index contributed by atoms with van der Waals surface area (Å²) in [7, 11) is 0. The molecule has 60 valence electrons. The van der Waals surface area contributed by atoms with Gasteiger partial charge in [-0.15, -0.1) is 11.6 Å². The van der Waals surface area contributed by atoms with E-state index in [2.05, 4.69) is 6.92 Å². The minimum Gasteiger partial charge on any atom is -0.393 e. The standard InChI is InChI=1S/C8H15ClO/c1-2-6-5-7(10)3-4-8(6)9/h6-8,10H,2-5H2,1H3. The normalized spacial score (nSPS) is 41.7. The van der Waals surface area contributed by atoms with Gasteiger partial charge in [-0.25, -0.2) is 0 Å². The third kappa shape index (κ3) is 1.86. The lowest BCUT2D eigenvalue weighted by atomic mass is 9.85. The second-order valence-corrected chi connectivity index (χ2v) is 3.71. The molecular weight excluding hydrogens is 148 g/mol. The van der Waals surface area contributed by atoms with E-state index in [0.717, 1.165) is 25.7 Å². The highest BCUT2D eigenvalue weighted by molar-refractivity contribution is 6.20. The average Bonchev–Trinajstić information content (AvgIpc) is 1.94. The number of aliphatic hydroxyl groups excluding tert-OH is 1. The molecule has 0 radical (unpaired) electrons. The van der Waals surface area contributed by atoms with Crippen molar-refractivity contribution in [2.24, 2.45) is 5.92 Å². The number of hydrogen-bond acceptors (Lipinski definition) is 1. The van der Waals surface area contributed by atoms with E-state index < -0.39 is 0 Å². The van der Waals surface area contributed by atoms with Crippen LogP contribution in [0.3, 0.4) is 0 Å². The van der Waals surface area contributed by atoms with Gasteiger partial charge >= 0.3 is 0 Å². The Labute approximate surface area is 67.4 Å². The van der Waals surface area contributed by atoms with Gasteiger partial charge in [-0.3, -0.25) is 0 Å². The summed E-state index contributed by atoms with van der Waals surface area (Å²) in [5.74, 6) is 0.547. The molecule has 0 aliphatic heterocycles. The van der Waals surface area contributed by atoms with Gasteiger partial charge in [-0.1, -0.05) is 13.3 Å². The van der Waals surface area contributed by atoms with Crippen LogP contribution in [0.15, 0.2) is 0 Å². The highest BCUT2D eigenvalue weighted by Gasteiger charge is 2.26. The van der Waals surface area contributed by atoms with Crippen molar-refractivity contribution in [3.63, 3.8) is 0 Å².